The first-order valence-electron chi connectivity index (χ1n) is 9.64. The molecule has 0 radical (unpaired) electrons. The monoisotopic (exact) mass is 323 g/mol. The second-order valence-electron chi connectivity index (χ2n) is 6.65. The number of nitrogens with zero attached hydrogens (tertiary/aromatic N) is 1. The summed E-state index contributed by atoms with van der Waals surface area (Å²) in [5.41, 5.74) is 2.97. The van der Waals surface area contributed by atoms with Crippen LogP contribution in [0.3, 0.4) is 0 Å². The average Bonchev–Trinajstić information content (AvgIpc) is 2.66. The molecule has 0 N–H and O–H groups in total. The molecule has 0 spiro atoms. The summed E-state index contributed by atoms with van der Waals surface area (Å²) in [6.45, 7) is 8.11. The SMILES string of the molecule is CCN(CC)CCCCC(CCc1ccccc1)c1ccccc1. The third kappa shape index (κ3) is 6.49. The van der Waals surface area contributed by atoms with Crippen LogP contribution in [0.4, 0.5) is 0 Å². The first kappa shape index (κ1) is 18.7. The number of aryl methyl sites for hydroxylation is 1. The quantitative estimate of drug-likeness (QED) is 0.464. The van der Waals surface area contributed by atoms with E-state index in [1.54, 1.807) is 0 Å². The molecule has 0 heterocycles. The van der Waals surface area contributed by atoms with Crippen LogP contribution in [0.2, 0.25) is 0 Å². The molecule has 0 saturated carbocycles. The van der Waals surface area contributed by atoms with Gasteiger partial charge in [-0.05, 0) is 62.4 Å². The van der Waals surface area contributed by atoms with E-state index in [9.17, 15) is 0 Å². The number of rotatable bonds is 11. The molecule has 0 aliphatic carbocycles. The van der Waals surface area contributed by atoms with Gasteiger partial charge in [0.15, 0.2) is 0 Å². The fourth-order valence-electron chi connectivity index (χ4n) is 3.45. The highest BCUT2D eigenvalue weighted by molar-refractivity contribution is 5.21. The maximum Gasteiger partial charge on any atom is -0.00190 e. The molecule has 0 aromatic heterocycles. The summed E-state index contributed by atoms with van der Waals surface area (Å²) in [6.07, 6.45) is 6.37. The first-order valence-corrected chi connectivity index (χ1v) is 9.64. The molecule has 0 bridgehead atoms. The molecule has 2 aromatic carbocycles. The van der Waals surface area contributed by atoms with Crippen molar-refractivity contribution in [2.24, 2.45) is 0 Å². The van der Waals surface area contributed by atoms with Crippen molar-refractivity contribution in [2.45, 2.75) is 51.9 Å². The minimum absolute atomic E-state index is 0.683. The van der Waals surface area contributed by atoms with Gasteiger partial charge in [-0.1, -0.05) is 80.9 Å². The van der Waals surface area contributed by atoms with Gasteiger partial charge in [0.25, 0.3) is 0 Å². The predicted molar refractivity (Wildman–Crippen MR) is 106 cm³/mol. The highest BCUT2D eigenvalue weighted by Crippen LogP contribution is 2.27. The predicted octanol–water partition coefficient (Wildman–Crippen LogP) is 5.92. The van der Waals surface area contributed by atoms with Gasteiger partial charge < -0.3 is 4.90 Å². The molecule has 0 fully saturated rings. The normalized spacial score (nSPS) is 12.5. The van der Waals surface area contributed by atoms with Crippen molar-refractivity contribution < 1.29 is 0 Å². The van der Waals surface area contributed by atoms with Gasteiger partial charge in [0.1, 0.15) is 0 Å². The van der Waals surface area contributed by atoms with E-state index in [0.29, 0.717) is 5.92 Å². The van der Waals surface area contributed by atoms with Gasteiger partial charge in [-0.3, -0.25) is 0 Å². The molecular formula is C23H33N. The van der Waals surface area contributed by atoms with E-state index in [0.717, 1.165) is 0 Å². The van der Waals surface area contributed by atoms with Gasteiger partial charge in [-0.15, -0.1) is 0 Å². The van der Waals surface area contributed by atoms with Crippen molar-refractivity contribution >= 4 is 0 Å². The zero-order chi connectivity index (χ0) is 17.0. The summed E-state index contributed by atoms with van der Waals surface area (Å²) in [7, 11) is 0. The molecule has 0 amide bonds. The molecule has 24 heavy (non-hydrogen) atoms. The van der Waals surface area contributed by atoms with Crippen molar-refractivity contribution in [2.75, 3.05) is 19.6 Å². The molecule has 0 saturated heterocycles. The molecule has 130 valence electrons. The fraction of sp³-hybridized carbons (Fsp3) is 0.478. The Hall–Kier alpha value is -1.60. The summed E-state index contributed by atoms with van der Waals surface area (Å²) < 4.78 is 0. The van der Waals surface area contributed by atoms with Crippen LogP contribution in [0.5, 0.6) is 0 Å². The summed E-state index contributed by atoms with van der Waals surface area (Å²) in [4.78, 5) is 2.53. The Morgan fingerprint density at radius 1 is 0.750 bits per heavy atom. The van der Waals surface area contributed by atoms with Crippen LogP contribution in [0.1, 0.15) is 56.6 Å². The van der Waals surface area contributed by atoms with E-state index in [4.69, 9.17) is 0 Å². The standard InChI is InChI=1S/C23H33N/c1-3-24(4-2)20-12-11-17-23(22-15-9-6-10-16-22)19-18-21-13-7-5-8-14-21/h5-10,13-16,23H,3-4,11-12,17-20H2,1-2H3. The molecule has 1 heteroatoms. The topological polar surface area (TPSA) is 3.24 Å². The van der Waals surface area contributed by atoms with Gasteiger partial charge >= 0.3 is 0 Å². The Kier molecular flexibility index (Phi) is 8.62. The van der Waals surface area contributed by atoms with Crippen LogP contribution in [0.25, 0.3) is 0 Å². The molecule has 1 atom stereocenters. The maximum atomic E-state index is 2.53. The largest absolute Gasteiger partial charge is 0.304 e. The minimum atomic E-state index is 0.683. The van der Waals surface area contributed by atoms with E-state index in [-0.39, 0.29) is 0 Å². The number of hydrogen-bond donors (Lipinski definition) is 0. The number of hydrogen-bond acceptors (Lipinski definition) is 1. The lowest BCUT2D eigenvalue weighted by molar-refractivity contribution is 0.294. The Morgan fingerprint density at radius 2 is 1.38 bits per heavy atom. The highest BCUT2D eigenvalue weighted by atomic mass is 15.1. The van der Waals surface area contributed by atoms with Gasteiger partial charge in [0.2, 0.25) is 0 Å². The summed E-state index contributed by atoms with van der Waals surface area (Å²) in [6, 6.07) is 22.0. The zero-order valence-corrected chi connectivity index (χ0v) is 15.5. The van der Waals surface area contributed by atoms with Gasteiger partial charge in [0.05, 0.1) is 0 Å². The maximum absolute atomic E-state index is 2.53. The van der Waals surface area contributed by atoms with Crippen molar-refractivity contribution in [3.63, 3.8) is 0 Å². The third-order valence-corrected chi connectivity index (χ3v) is 5.07. The van der Waals surface area contributed by atoms with Crippen molar-refractivity contribution in [1.29, 1.82) is 0 Å². The summed E-state index contributed by atoms with van der Waals surface area (Å²) in [5, 5.41) is 0. The van der Waals surface area contributed by atoms with Crippen LogP contribution >= 0.6 is 0 Å². The molecule has 0 aliphatic heterocycles. The highest BCUT2D eigenvalue weighted by Gasteiger charge is 2.11. The van der Waals surface area contributed by atoms with Crippen LogP contribution in [-0.4, -0.2) is 24.5 Å². The Morgan fingerprint density at radius 3 is 2.00 bits per heavy atom. The average molecular weight is 324 g/mol. The first-order chi connectivity index (χ1) is 11.8. The van der Waals surface area contributed by atoms with E-state index in [1.165, 1.54) is 62.9 Å². The van der Waals surface area contributed by atoms with E-state index in [1.807, 2.05) is 0 Å². The zero-order valence-electron chi connectivity index (χ0n) is 15.5. The van der Waals surface area contributed by atoms with Crippen LogP contribution < -0.4 is 0 Å². The summed E-state index contributed by atoms with van der Waals surface area (Å²) in [5.74, 6) is 0.683. The molecule has 0 aliphatic rings. The second-order valence-corrected chi connectivity index (χ2v) is 6.65. The smallest absolute Gasteiger partial charge is 0.00190 e. The number of unbranched alkanes of at least 4 members (excludes halogenated alkanes) is 1. The lowest BCUT2D eigenvalue weighted by atomic mass is 9.88. The van der Waals surface area contributed by atoms with Gasteiger partial charge in [-0.2, -0.15) is 0 Å². The number of benzene rings is 2. The summed E-state index contributed by atoms with van der Waals surface area (Å²) >= 11 is 0. The molecule has 2 rings (SSSR count). The van der Waals surface area contributed by atoms with Crippen molar-refractivity contribution in [3.8, 4) is 0 Å². The van der Waals surface area contributed by atoms with E-state index >= 15 is 0 Å². The minimum Gasteiger partial charge on any atom is -0.304 e. The molecule has 2 aromatic rings. The third-order valence-electron chi connectivity index (χ3n) is 5.07. The van der Waals surface area contributed by atoms with Crippen LogP contribution in [-0.2, 0) is 6.42 Å². The van der Waals surface area contributed by atoms with E-state index in [2.05, 4.69) is 79.4 Å². The van der Waals surface area contributed by atoms with Gasteiger partial charge in [0, 0.05) is 0 Å². The lowest BCUT2D eigenvalue weighted by Gasteiger charge is -2.20. The van der Waals surface area contributed by atoms with Crippen LogP contribution in [0, 0.1) is 0 Å². The molecule has 1 nitrogen and oxygen atoms in total. The Balaban J connectivity index is 1.86. The second kappa shape index (κ2) is 11.0. The van der Waals surface area contributed by atoms with Gasteiger partial charge in [-0.25, -0.2) is 0 Å². The molecule has 1 unspecified atom stereocenters. The van der Waals surface area contributed by atoms with Crippen molar-refractivity contribution in [3.05, 3.63) is 71.8 Å². The van der Waals surface area contributed by atoms with E-state index < -0.39 is 0 Å². The lowest BCUT2D eigenvalue weighted by Crippen LogP contribution is -2.23. The van der Waals surface area contributed by atoms with Crippen molar-refractivity contribution in [1.82, 2.24) is 4.90 Å². The Labute approximate surface area is 148 Å². The Bertz CT molecular complexity index is 530. The fourth-order valence-corrected chi connectivity index (χ4v) is 3.45. The molecular weight excluding hydrogens is 290 g/mol. The van der Waals surface area contributed by atoms with Crippen LogP contribution in [0.15, 0.2) is 60.7 Å².